The monoisotopic (exact) mass is 308 g/mol. The highest BCUT2D eigenvalue weighted by atomic mass is 79.9. The van der Waals surface area contributed by atoms with Crippen LogP contribution in [0.1, 0.15) is 0 Å². The molecule has 0 N–H and O–H groups in total. The van der Waals surface area contributed by atoms with Crippen molar-refractivity contribution in [1.82, 2.24) is 9.72 Å². The van der Waals surface area contributed by atoms with Crippen LogP contribution in [0.25, 0.3) is 11.4 Å². The first-order chi connectivity index (χ1) is 8.67. The number of rotatable bonds is 3. The van der Waals surface area contributed by atoms with Crippen molar-refractivity contribution in [2.24, 2.45) is 0 Å². The van der Waals surface area contributed by atoms with Crippen LogP contribution >= 0.6 is 15.9 Å². The molecule has 0 atom stereocenters. The SMILES string of the molecule is C#CCn1c(-c2ccc(OC)c(Br)c2)noc1=O. The molecule has 5 nitrogen and oxygen atoms in total. The number of halogens is 1. The Morgan fingerprint density at radius 2 is 2.39 bits per heavy atom. The van der Waals surface area contributed by atoms with Crippen molar-refractivity contribution < 1.29 is 9.26 Å². The number of terminal acetylenes is 1. The highest BCUT2D eigenvalue weighted by molar-refractivity contribution is 9.10. The van der Waals surface area contributed by atoms with Gasteiger partial charge in [-0.15, -0.1) is 6.42 Å². The summed E-state index contributed by atoms with van der Waals surface area (Å²) >= 11 is 3.36. The maximum Gasteiger partial charge on any atom is 0.442 e. The second kappa shape index (κ2) is 5.10. The number of hydrogen-bond donors (Lipinski definition) is 0. The first kappa shape index (κ1) is 12.5. The highest BCUT2D eigenvalue weighted by Crippen LogP contribution is 2.29. The van der Waals surface area contributed by atoms with Gasteiger partial charge in [0.15, 0.2) is 5.82 Å². The van der Waals surface area contributed by atoms with Crippen LogP contribution in [0.15, 0.2) is 32.0 Å². The van der Waals surface area contributed by atoms with E-state index in [9.17, 15) is 4.79 Å². The highest BCUT2D eigenvalue weighted by Gasteiger charge is 2.13. The van der Waals surface area contributed by atoms with Gasteiger partial charge in [-0.1, -0.05) is 11.1 Å². The zero-order valence-electron chi connectivity index (χ0n) is 9.51. The van der Waals surface area contributed by atoms with Crippen LogP contribution in [0.4, 0.5) is 0 Å². The van der Waals surface area contributed by atoms with Crippen molar-refractivity contribution in [3.8, 4) is 29.5 Å². The molecule has 0 saturated carbocycles. The number of benzene rings is 1. The van der Waals surface area contributed by atoms with Crippen LogP contribution in [0.2, 0.25) is 0 Å². The van der Waals surface area contributed by atoms with Gasteiger partial charge in [0.2, 0.25) is 0 Å². The van der Waals surface area contributed by atoms with E-state index in [0.717, 1.165) is 4.47 Å². The molecule has 6 heteroatoms. The lowest BCUT2D eigenvalue weighted by molar-refractivity contribution is 0.379. The lowest BCUT2D eigenvalue weighted by Crippen LogP contribution is -2.14. The molecule has 0 saturated heterocycles. The Morgan fingerprint density at radius 1 is 1.61 bits per heavy atom. The summed E-state index contributed by atoms with van der Waals surface area (Å²) in [6.07, 6.45) is 5.20. The molecule has 0 aliphatic rings. The zero-order valence-corrected chi connectivity index (χ0v) is 11.1. The van der Waals surface area contributed by atoms with Crippen LogP contribution in [-0.4, -0.2) is 16.8 Å². The Balaban J connectivity index is 2.53. The van der Waals surface area contributed by atoms with E-state index in [1.807, 2.05) is 0 Å². The number of ether oxygens (including phenoxy) is 1. The number of hydrogen-bond acceptors (Lipinski definition) is 4. The Bertz CT molecular complexity index is 667. The normalized spacial score (nSPS) is 10.1. The van der Waals surface area contributed by atoms with Gasteiger partial charge in [0.1, 0.15) is 5.75 Å². The molecule has 92 valence electrons. The van der Waals surface area contributed by atoms with E-state index in [1.165, 1.54) is 4.57 Å². The zero-order chi connectivity index (χ0) is 13.1. The van der Waals surface area contributed by atoms with Crippen LogP contribution in [0.5, 0.6) is 5.75 Å². The minimum Gasteiger partial charge on any atom is -0.496 e. The molecule has 0 spiro atoms. The van der Waals surface area contributed by atoms with Gasteiger partial charge >= 0.3 is 5.76 Å². The summed E-state index contributed by atoms with van der Waals surface area (Å²) in [6.45, 7) is 0.112. The van der Waals surface area contributed by atoms with Gasteiger partial charge in [-0.25, -0.2) is 9.36 Å². The molecule has 2 aromatic rings. The third kappa shape index (κ3) is 2.17. The molecule has 0 unspecified atom stereocenters. The largest absolute Gasteiger partial charge is 0.496 e. The summed E-state index contributed by atoms with van der Waals surface area (Å²) in [7, 11) is 1.57. The summed E-state index contributed by atoms with van der Waals surface area (Å²) in [6, 6.07) is 5.32. The number of methoxy groups -OCH3 is 1. The van der Waals surface area contributed by atoms with Crippen molar-refractivity contribution in [3.63, 3.8) is 0 Å². The van der Waals surface area contributed by atoms with Crippen LogP contribution in [-0.2, 0) is 6.54 Å². The maximum absolute atomic E-state index is 11.4. The summed E-state index contributed by atoms with van der Waals surface area (Å²) in [4.78, 5) is 11.4. The first-order valence-electron chi connectivity index (χ1n) is 5.01. The molecule has 0 fully saturated rings. The van der Waals surface area contributed by atoms with Crippen molar-refractivity contribution in [1.29, 1.82) is 0 Å². The van der Waals surface area contributed by atoms with Gasteiger partial charge in [0.05, 0.1) is 18.1 Å². The fourth-order valence-corrected chi connectivity index (χ4v) is 2.05. The van der Waals surface area contributed by atoms with E-state index in [1.54, 1.807) is 25.3 Å². The molecule has 18 heavy (non-hydrogen) atoms. The van der Waals surface area contributed by atoms with Crippen LogP contribution < -0.4 is 10.5 Å². The molecule has 1 heterocycles. The van der Waals surface area contributed by atoms with Gasteiger partial charge < -0.3 is 4.74 Å². The maximum atomic E-state index is 11.4. The first-order valence-corrected chi connectivity index (χ1v) is 5.80. The smallest absolute Gasteiger partial charge is 0.442 e. The fourth-order valence-electron chi connectivity index (χ4n) is 1.51. The molecule has 1 aromatic heterocycles. The van der Waals surface area contributed by atoms with Gasteiger partial charge in [0, 0.05) is 5.56 Å². The third-order valence-electron chi connectivity index (χ3n) is 2.35. The van der Waals surface area contributed by atoms with E-state index in [4.69, 9.17) is 11.2 Å². The van der Waals surface area contributed by atoms with Gasteiger partial charge in [-0.3, -0.25) is 4.52 Å². The standard InChI is InChI=1S/C12H9BrN2O3/c1-3-6-15-11(14-18-12(15)16)8-4-5-10(17-2)9(13)7-8/h1,4-5,7H,6H2,2H3. The predicted octanol–water partition coefficient (Wildman–Crippen LogP) is 1.91. The molecule has 0 aliphatic carbocycles. The van der Waals surface area contributed by atoms with Gasteiger partial charge in [-0.2, -0.15) is 0 Å². The summed E-state index contributed by atoms with van der Waals surface area (Å²) in [5.41, 5.74) is 0.712. The lowest BCUT2D eigenvalue weighted by atomic mass is 10.2. The Hall–Kier alpha value is -2.00. The molecule has 2 rings (SSSR count). The van der Waals surface area contributed by atoms with Crippen molar-refractivity contribution in [2.45, 2.75) is 6.54 Å². The second-order valence-corrected chi connectivity index (χ2v) is 4.27. The summed E-state index contributed by atoms with van der Waals surface area (Å²) in [5, 5.41) is 3.72. The Morgan fingerprint density at radius 3 is 3.00 bits per heavy atom. The van der Waals surface area contributed by atoms with Gasteiger partial charge in [0.25, 0.3) is 0 Å². The van der Waals surface area contributed by atoms with Crippen molar-refractivity contribution in [2.75, 3.05) is 7.11 Å². The molecule has 0 bridgehead atoms. The number of nitrogens with zero attached hydrogens (tertiary/aromatic N) is 2. The van der Waals surface area contributed by atoms with E-state index >= 15 is 0 Å². The van der Waals surface area contributed by atoms with E-state index in [0.29, 0.717) is 17.1 Å². The summed E-state index contributed by atoms with van der Waals surface area (Å²) in [5.74, 6) is 2.89. The molecular formula is C12H9BrN2O3. The van der Waals surface area contributed by atoms with E-state index in [-0.39, 0.29) is 6.54 Å². The summed E-state index contributed by atoms with van der Waals surface area (Å²) < 4.78 is 11.8. The topological polar surface area (TPSA) is 57.3 Å². The van der Waals surface area contributed by atoms with Crippen molar-refractivity contribution in [3.05, 3.63) is 33.2 Å². The quantitative estimate of drug-likeness (QED) is 0.813. The average molecular weight is 309 g/mol. The van der Waals surface area contributed by atoms with Crippen molar-refractivity contribution >= 4 is 15.9 Å². The average Bonchev–Trinajstić information content (AvgIpc) is 2.72. The minimum atomic E-state index is -0.574. The van der Waals surface area contributed by atoms with E-state index in [2.05, 4.69) is 31.5 Å². The molecule has 1 aromatic carbocycles. The fraction of sp³-hybridized carbons (Fsp3) is 0.167. The minimum absolute atomic E-state index is 0.112. The second-order valence-electron chi connectivity index (χ2n) is 3.41. The third-order valence-corrected chi connectivity index (χ3v) is 2.97. The Labute approximate surface area is 111 Å². The van der Waals surface area contributed by atoms with Crippen LogP contribution in [0.3, 0.4) is 0 Å². The number of aromatic nitrogens is 2. The Kier molecular flexibility index (Phi) is 3.53. The van der Waals surface area contributed by atoms with Crippen LogP contribution in [0, 0.1) is 12.3 Å². The molecular weight excluding hydrogens is 300 g/mol. The molecule has 0 radical (unpaired) electrons. The van der Waals surface area contributed by atoms with Gasteiger partial charge in [-0.05, 0) is 34.1 Å². The lowest BCUT2D eigenvalue weighted by Gasteiger charge is -2.05. The molecule has 0 aliphatic heterocycles. The molecule has 0 amide bonds. The van der Waals surface area contributed by atoms with E-state index < -0.39 is 5.76 Å². The predicted molar refractivity (Wildman–Crippen MR) is 69.3 cm³/mol.